The van der Waals surface area contributed by atoms with Crippen molar-refractivity contribution in [3.8, 4) is 0 Å². The largest absolute Gasteiger partial charge is 0.316 e. The molecule has 0 aliphatic carbocycles. The molecule has 1 aromatic rings. The van der Waals surface area contributed by atoms with Gasteiger partial charge in [-0.15, -0.1) is 4.83 Å². The Morgan fingerprint density at radius 2 is 1.95 bits per heavy atom. The van der Waals surface area contributed by atoms with E-state index in [0.717, 1.165) is 18.7 Å². The summed E-state index contributed by atoms with van der Waals surface area (Å²) in [5, 5.41) is 4.77. The molecule has 0 amide bonds. The van der Waals surface area contributed by atoms with Crippen LogP contribution in [-0.2, 0) is 16.6 Å². The second kappa shape index (κ2) is 6.59. The van der Waals surface area contributed by atoms with Crippen LogP contribution in [0.2, 0.25) is 0 Å². The lowest BCUT2D eigenvalue weighted by Gasteiger charge is -2.31. The Balaban J connectivity index is 2.02. The molecule has 20 heavy (non-hydrogen) atoms. The van der Waals surface area contributed by atoms with Gasteiger partial charge >= 0.3 is 0 Å². The summed E-state index contributed by atoms with van der Waals surface area (Å²) in [4.78, 5) is 8.77. The molecule has 1 aromatic heterocycles. The second-order valence-corrected chi connectivity index (χ2v) is 6.53. The van der Waals surface area contributed by atoms with Crippen molar-refractivity contribution < 1.29 is 8.42 Å². The highest BCUT2D eigenvalue weighted by Gasteiger charge is 2.22. The molecule has 2 heterocycles. The molecule has 1 saturated heterocycles. The number of hydrogen-bond acceptors (Lipinski definition) is 6. The molecule has 0 bridgehead atoms. The van der Waals surface area contributed by atoms with Gasteiger partial charge in [0.25, 0.3) is 10.0 Å². The maximum absolute atomic E-state index is 12.2. The Bertz CT molecular complexity index is 523. The SMILES string of the molecule is CNCc1ccc(S(=O)(=O)NN2CCN(C)CC2)nc1. The van der Waals surface area contributed by atoms with E-state index in [1.165, 1.54) is 6.07 Å². The van der Waals surface area contributed by atoms with Crippen LogP contribution in [0.5, 0.6) is 0 Å². The topological polar surface area (TPSA) is 77.6 Å². The minimum Gasteiger partial charge on any atom is -0.316 e. The first-order chi connectivity index (χ1) is 9.51. The maximum Gasteiger partial charge on any atom is 0.270 e. The summed E-state index contributed by atoms with van der Waals surface area (Å²) >= 11 is 0. The van der Waals surface area contributed by atoms with Gasteiger partial charge in [-0.2, -0.15) is 0 Å². The summed E-state index contributed by atoms with van der Waals surface area (Å²) in [5.74, 6) is 0. The molecule has 0 aromatic carbocycles. The minimum atomic E-state index is -3.58. The van der Waals surface area contributed by atoms with Crippen LogP contribution >= 0.6 is 0 Å². The van der Waals surface area contributed by atoms with Gasteiger partial charge in [-0.05, 0) is 25.7 Å². The van der Waals surface area contributed by atoms with E-state index in [2.05, 4.69) is 20.0 Å². The van der Waals surface area contributed by atoms with Gasteiger partial charge in [-0.3, -0.25) is 0 Å². The maximum atomic E-state index is 12.2. The van der Waals surface area contributed by atoms with Gasteiger partial charge in [0.2, 0.25) is 0 Å². The highest BCUT2D eigenvalue weighted by molar-refractivity contribution is 7.89. The van der Waals surface area contributed by atoms with Crippen LogP contribution in [0.4, 0.5) is 0 Å². The summed E-state index contributed by atoms with van der Waals surface area (Å²) < 4.78 is 24.4. The molecular weight excluding hydrogens is 278 g/mol. The van der Waals surface area contributed by atoms with E-state index in [1.807, 2.05) is 14.1 Å². The molecule has 0 unspecified atom stereocenters. The molecule has 7 nitrogen and oxygen atoms in total. The summed E-state index contributed by atoms with van der Waals surface area (Å²) in [6.45, 7) is 3.70. The lowest BCUT2D eigenvalue weighted by molar-refractivity contribution is 0.134. The number of sulfonamides is 1. The van der Waals surface area contributed by atoms with E-state index in [-0.39, 0.29) is 5.03 Å². The van der Waals surface area contributed by atoms with Crippen molar-refractivity contribution >= 4 is 10.0 Å². The summed E-state index contributed by atoms with van der Waals surface area (Å²) in [5.41, 5.74) is 0.950. The predicted molar refractivity (Wildman–Crippen MR) is 76.4 cm³/mol. The van der Waals surface area contributed by atoms with E-state index in [1.54, 1.807) is 17.3 Å². The van der Waals surface area contributed by atoms with Gasteiger partial charge in [-0.1, -0.05) is 6.07 Å². The fourth-order valence-electron chi connectivity index (χ4n) is 1.99. The number of piperazine rings is 1. The van der Waals surface area contributed by atoms with Crippen LogP contribution in [-0.4, -0.2) is 63.6 Å². The molecule has 1 aliphatic rings. The molecule has 112 valence electrons. The monoisotopic (exact) mass is 299 g/mol. The van der Waals surface area contributed by atoms with Crippen molar-refractivity contribution in [2.45, 2.75) is 11.6 Å². The van der Waals surface area contributed by atoms with Crippen LogP contribution in [0.1, 0.15) is 5.56 Å². The first-order valence-corrected chi connectivity index (χ1v) is 8.05. The van der Waals surface area contributed by atoms with Crippen molar-refractivity contribution in [3.63, 3.8) is 0 Å². The van der Waals surface area contributed by atoms with Gasteiger partial charge in [0.1, 0.15) is 0 Å². The quantitative estimate of drug-likeness (QED) is 0.744. The normalized spacial score (nSPS) is 18.3. The van der Waals surface area contributed by atoms with Crippen LogP contribution in [0.15, 0.2) is 23.4 Å². The predicted octanol–water partition coefficient (Wildman–Crippen LogP) is -0.758. The highest BCUT2D eigenvalue weighted by atomic mass is 32.2. The zero-order chi connectivity index (χ0) is 14.6. The lowest BCUT2D eigenvalue weighted by Crippen LogP contribution is -2.52. The molecular formula is C12H21N5O2S. The smallest absolute Gasteiger partial charge is 0.270 e. The lowest BCUT2D eigenvalue weighted by atomic mass is 10.3. The van der Waals surface area contributed by atoms with E-state index in [9.17, 15) is 8.42 Å². The summed E-state index contributed by atoms with van der Waals surface area (Å²) in [7, 11) is 0.271. The van der Waals surface area contributed by atoms with Crippen molar-refractivity contribution in [1.29, 1.82) is 0 Å². The standard InChI is InChI=1S/C12H21N5O2S/c1-13-9-11-3-4-12(14-10-11)20(18,19)15-17-7-5-16(2)6-8-17/h3-4,10,13,15H,5-9H2,1-2H3. The van der Waals surface area contributed by atoms with Gasteiger partial charge in [-0.25, -0.2) is 18.4 Å². The molecule has 0 saturated carbocycles. The number of pyridine rings is 1. The van der Waals surface area contributed by atoms with Crippen LogP contribution in [0, 0.1) is 0 Å². The fraction of sp³-hybridized carbons (Fsp3) is 0.583. The number of hydrazine groups is 1. The molecule has 0 radical (unpaired) electrons. The third-order valence-corrected chi connectivity index (χ3v) is 4.50. The summed E-state index contributed by atoms with van der Waals surface area (Å²) in [6.07, 6.45) is 1.58. The molecule has 2 N–H and O–H groups in total. The number of hydrogen-bond donors (Lipinski definition) is 2. The van der Waals surface area contributed by atoms with E-state index in [0.29, 0.717) is 19.6 Å². The molecule has 2 rings (SSSR count). The Kier molecular flexibility index (Phi) is 5.06. The Morgan fingerprint density at radius 1 is 1.25 bits per heavy atom. The van der Waals surface area contributed by atoms with Crippen LogP contribution in [0.3, 0.4) is 0 Å². The number of rotatable bonds is 5. The van der Waals surface area contributed by atoms with Crippen molar-refractivity contribution in [3.05, 3.63) is 23.9 Å². The molecule has 1 aliphatic heterocycles. The van der Waals surface area contributed by atoms with Crippen molar-refractivity contribution in [2.24, 2.45) is 0 Å². The Labute approximate surface area is 120 Å². The fourth-order valence-corrected chi connectivity index (χ4v) is 3.05. The van der Waals surface area contributed by atoms with Crippen LogP contribution < -0.4 is 10.1 Å². The zero-order valence-corrected chi connectivity index (χ0v) is 12.7. The number of likely N-dealkylation sites (N-methyl/N-ethyl adjacent to an activating group) is 1. The molecule has 0 atom stereocenters. The van der Waals surface area contributed by atoms with E-state index < -0.39 is 10.0 Å². The minimum absolute atomic E-state index is 0.0521. The van der Waals surface area contributed by atoms with Gasteiger partial charge in [0.15, 0.2) is 5.03 Å². The number of nitrogens with one attached hydrogen (secondary N) is 2. The third kappa shape index (κ3) is 3.97. The Hall–Kier alpha value is -1.06. The molecule has 8 heteroatoms. The molecule has 1 fully saturated rings. The Morgan fingerprint density at radius 3 is 2.50 bits per heavy atom. The highest BCUT2D eigenvalue weighted by Crippen LogP contribution is 2.08. The van der Waals surface area contributed by atoms with Crippen molar-refractivity contribution in [1.82, 2.24) is 25.0 Å². The van der Waals surface area contributed by atoms with E-state index in [4.69, 9.17) is 0 Å². The average molecular weight is 299 g/mol. The van der Waals surface area contributed by atoms with Gasteiger partial charge in [0.05, 0.1) is 0 Å². The molecule has 0 spiro atoms. The average Bonchev–Trinajstić information content (AvgIpc) is 2.42. The first kappa shape index (κ1) is 15.3. The van der Waals surface area contributed by atoms with Gasteiger partial charge in [0, 0.05) is 38.9 Å². The third-order valence-electron chi connectivity index (χ3n) is 3.21. The van der Waals surface area contributed by atoms with Crippen LogP contribution in [0.25, 0.3) is 0 Å². The summed E-state index contributed by atoms with van der Waals surface area (Å²) in [6, 6.07) is 3.30. The van der Waals surface area contributed by atoms with E-state index >= 15 is 0 Å². The second-order valence-electron chi connectivity index (χ2n) is 4.92. The zero-order valence-electron chi connectivity index (χ0n) is 11.8. The number of nitrogens with zero attached hydrogens (tertiary/aromatic N) is 3. The number of aromatic nitrogens is 1. The first-order valence-electron chi connectivity index (χ1n) is 6.57. The van der Waals surface area contributed by atoms with Gasteiger partial charge < -0.3 is 10.2 Å². The van der Waals surface area contributed by atoms with Crippen molar-refractivity contribution in [2.75, 3.05) is 40.3 Å².